The number of benzene rings is 2. The summed E-state index contributed by atoms with van der Waals surface area (Å²) in [4.78, 5) is 14.1. The summed E-state index contributed by atoms with van der Waals surface area (Å²) >= 11 is 0. The molecule has 0 bridgehead atoms. The van der Waals surface area contributed by atoms with Gasteiger partial charge in [-0.25, -0.2) is 0 Å². The molecule has 3 heteroatoms. The van der Waals surface area contributed by atoms with Crippen molar-refractivity contribution in [3.8, 4) is 16.9 Å². The number of likely N-dealkylation sites (tertiary alicyclic amines) is 1. The summed E-state index contributed by atoms with van der Waals surface area (Å²) in [6, 6.07) is 14.4. The van der Waals surface area contributed by atoms with E-state index in [4.69, 9.17) is 4.74 Å². The second-order valence-corrected chi connectivity index (χ2v) is 9.40. The van der Waals surface area contributed by atoms with E-state index in [1.165, 1.54) is 11.1 Å². The van der Waals surface area contributed by atoms with Crippen molar-refractivity contribution in [2.45, 2.75) is 64.5 Å². The van der Waals surface area contributed by atoms with E-state index < -0.39 is 0 Å². The molecule has 2 aliphatic rings. The second-order valence-electron chi connectivity index (χ2n) is 9.40. The minimum absolute atomic E-state index is 0.0133. The van der Waals surface area contributed by atoms with Crippen LogP contribution in [0, 0.1) is 0 Å². The molecule has 0 unspecified atom stereocenters. The highest BCUT2D eigenvalue weighted by molar-refractivity contribution is 5.94. The van der Waals surface area contributed by atoms with Gasteiger partial charge < -0.3 is 4.74 Å². The molecule has 0 N–H and O–H groups in total. The summed E-state index contributed by atoms with van der Waals surface area (Å²) in [5, 5.41) is 0. The van der Waals surface area contributed by atoms with Gasteiger partial charge in [-0.2, -0.15) is 0 Å². The van der Waals surface area contributed by atoms with Crippen LogP contribution in [-0.4, -0.2) is 34.9 Å². The van der Waals surface area contributed by atoms with Crippen molar-refractivity contribution in [3.63, 3.8) is 0 Å². The van der Waals surface area contributed by atoms with Crippen molar-refractivity contribution in [1.29, 1.82) is 0 Å². The van der Waals surface area contributed by atoms with E-state index in [2.05, 4.69) is 43.9 Å². The van der Waals surface area contributed by atoms with Crippen LogP contribution in [0.1, 0.15) is 62.9 Å². The average Bonchev–Trinajstić information content (AvgIpc) is 2.67. The molecule has 1 spiro atoms. The van der Waals surface area contributed by atoms with Gasteiger partial charge >= 0.3 is 0 Å². The molecule has 2 aromatic rings. The van der Waals surface area contributed by atoms with Crippen LogP contribution in [0.5, 0.6) is 5.75 Å². The maximum Gasteiger partial charge on any atom is 0.159 e. The van der Waals surface area contributed by atoms with E-state index in [1.54, 1.807) is 6.92 Å². The fourth-order valence-corrected chi connectivity index (χ4v) is 4.54. The highest BCUT2D eigenvalue weighted by atomic mass is 16.5. The van der Waals surface area contributed by atoms with E-state index in [-0.39, 0.29) is 16.9 Å². The Kier molecular flexibility index (Phi) is 4.83. The highest BCUT2D eigenvalue weighted by Crippen LogP contribution is 2.41. The second kappa shape index (κ2) is 7.04. The fraction of sp³-hybridized carbons (Fsp3) is 0.480. The Balaban J connectivity index is 1.50. The number of piperidine rings is 1. The van der Waals surface area contributed by atoms with Gasteiger partial charge in [-0.1, -0.05) is 30.3 Å². The standard InChI is InChI=1S/C25H31NO2/c1-18(27)19-5-7-20(8-6-19)21-9-10-23-22(17-21)11-12-25(28-23)13-15-26(16-14-25)24(2,3)4/h5-10,17H,11-16H2,1-4H3. The van der Waals surface area contributed by atoms with Crippen LogP contribution in [0.3, 0.4) is 0 Å². The Labute approximate surface area is 168 Å². The van der Waals surface area contributed by atoms with E-state index in [9.17, 15) is 4.79 Å². The Morgan fingerprint density at radius 2 is 1.61 bits per heavy atom. The summed E-state index contributed by atoms with van der Waals surface area (Å²) < 4.78 is 6.59. The summed E-state index contributed by atoms with van der Waals surface area (Å²) in [6.45, 7) is 10.7. The maximum atomic E-state index is 11.5. The molecule has 0 atom stereocenters. The Morgan fingerprint density at radius 1 is 0.964 bits per heavy atom. The third-order valence-electron chi connectivity index (χ3n) is 6.49. The predicted octanol–water partition coefficient (Wildman–Crippen LogP) is 5.51. The summed E-state index contributed by atoms with van der Waals surface area (Å²) in [5.74, 6) is 1.16. The molecule has 0 aromatic heterocycles. The first-order valence-corrected chi connectivity index (χ1v) is 10.4. The topological polar surface area (TPSA) is 29.5 Å². The van der Waals surface area contributed by atoms with Crippen molar-refractivity contribution >= 4 is 5.78 Å². The number of ether oxygens (including phenoxy) is 1. The quantitative estimate of drug-likeness (QED) is 0.646. The lowest BCUT2D eigenvalue weighted by Gasteiger charge is -2.48. The van der Waals surface area contributed by atoms with Gasteiger partial charge in [0.2, 0.25) is 0 Å². The van der Waals surface area contributed by atoms with Gasteiger partial charge in [0.25, 0.3) is 0 Å². The first-order chi connectivity index (χ1) is 13.3. The zero-order valence-electron chi connectivity index (χ0n) is 17.5. The van der Waals surface area contributed by atoms with Crippen LogP contribution >= 0.6 is 0 Å². The van der Waals surface area contributed by atoms with E-state index in [1.807, 2.05) is 24.3 Å². The SMILES string of the molecule is CC(=O)c1ccc(-c2ccc3c(c2)CCC2(CCN(C(C)(C)C)CC2)O3)cc1. The van der Waals surface area contributed by atoms with Gasteiger partial charge in [-0.15, -0.1) is 0 Å². The Hall–Kier alpha value is -2.13. The average molecular weight is 378 g/mol. The highest BCUT2D eigenvalue weighted by Gasteiger charge is 2.41. The normalized spacial score (nSPS) is 19.1. The third kappa shape index (κ3) is 3.73. The molecule has 0 amide bonds. The number of fused-ring (bicyclic) bond motifs is 1. The molecule has 0 aliphatic carbocycles. The molecule has 1 fully saturated rings. The predicted molar refractivity (Wildman–Crippen MR) is 114 cm³/mol. The van der Waals surface area contributed by atoms with Crippen LogP contribution in [0.25, 0.3) is 11.1 Å². The van der Waals surface area contributed by atoms with Gasteiger partial charge in [-0.3, -0.25) is 9.69 Å². The molecule has 28 heavy (non-hydrogen) atoms. The minimum atomic E-state index is 0.0133. The van der Waals surface area contributed by atoms with Crippen molar-refractivity contribution in [2.75, 3.05) is 13.1 Å². The molecule has 1 saturated heterocycles. The van der Waals surface area contributed by atoms with Crippen molar-refractivity contribution in [2.24, 2.45) is 0 Å². The number of rotatable bonds is 2. The molecule has 0 saturated carbocycles. The molecule has 3 nitrogen and oxygen atoms in total. The van der Waals surface area contributed by atoms with Crippen LogP contribution in [-0.2, 0) is 6.42 Å². The summed E-state index contributed by atoms with van der Waals surface area (Å²) in [7, 11) is 0. The van der Waals surface area contributed by atoms with Crippen molar-refractivity contribution < 1.29 is 9.53 Å². The van der Waals surface area contributed by atoms with Gasteiger partial charge in [0.05, 0.1) is 0 Å². The third-order valence-corrected chi connectivity index (χ3v) is 6.49. The molecule has 2 aromatic carbocycles. The van der Waals surface area contributed by atoms with Crippen LogP contribution in [0.4, 0.5) is 0 Å². The lowest BCUT2D eigenvalue weighted by molar-refractivity contribution is -0.0355. The molecular weight excluding hydrogens is 346 g/mol. The lowest BCUT2D eigenvalue weighted by atomic mass is 9.81. The molecule has 2 heterocycles. The number of carbonyl (C=O) groups excluding carboxylic acids is 1. The van der Waals surface area contributed by atoms with E-state index in [0.717, 1.165) is 55.6 Å². The number of aryl methyl sites for hydroxylation is 1. The van der Waals surface area contributed by atoms with Gasteiger partial charge in [-0.05, 0) is 82.2 Å². The zero-order chi connectivity index (χ0) is 19.9. The molecular formula is C25H31NO2. The van der Waals surface area contributed by atoms with Gasteiger partial charge in [0, 0.05) is 24.2 Å². The summed E-state index contributed by atoms with van der Waals surface area (Å²) in [6.07, 6.45) is 4.39. The van der Waals surface area contributed by atoms with Gasteiger partial charge in [0.1, 0.15) is 11.4 Å². The summed E-state index contributed by atoms with van der Waals surface area (Å²) in [5.41, 5.74) is 4.65. The Bertz CT molecular complexity index is 868. The monoisotopic (exact) mass is 377 g/mol. The molecule has 2 aliphatic heterocycles. The molecule has 0 radical (unpaired) electrons. The number of hydrogen-bond acceptors (Lipinski definition) is 3. The fourth-order valence-electron chi connectivity index (χ4n) is 4.54. The molecule has 4 rings (SSSR count). The zero-order valence-corrected chi connectivity index (χ0v) is 17.5. The maximum absolute atomic E-state index is 11.5. The smallest absolute Gasteiger partial charge is 0.159 e. The first-order valence-electron chi connectivity index (χ1n) is 10.4. The number of ketones is 1. The number of Topliss-reactive ketones (excluding diaryl/α,β-unsaturated/α-hetero) is 1. The number of carbonyl (C=O) groups is 1. The number of nitrogens with zero attached hydrogens (tertiary/aromatic N) is 1. The van der Waals surface area contributed by atoms with Crippen LogP contribution in [0.15, 0.2) is 42.5 Å². The Morgan fingerprint density at radius 3 is 2.21 bits per heavy atom. The van der Waals surface area contributed by atoms with Crippen LogP contribution < -0.4 is 4.74 Å². The first kappa shape index (κ1) is 19.2. The van der Waals surface area contributed by atoms with E-state index in [0.29, 0.717) is 0 Å². The van der Waals surface area contributed by atoms with Gasteiger partial charge in [0.15, 0.2) is 5.78 Å². The largest absolute Gasteiger partial charge is 0.487 e. The number of hydrogen-bond donors (Lipinski definition) is 0. The molecule has 148 valence electrons. The minimum Gasteiger partial charge on any atom is -0.487 e. The van der Waals surface area contributed by atoms with Crippen molar-refractivity contribution in [1.82, 2.24) is 4.90 Å². The van der Waals surface area contributed by atoms with Crippen LogP contribution in [0.2, 0.25) is 0 Å². The van der Waals surface area contributed by atoms with E-state index >= 15 is 0 Å². The van der Waals surface area contributed by atoms with Crippen molar-refractivity contribution in [3.05, 3.63) is 53.6 Å². The lowest BCUT2D eigenvalue weighted by Crippen LogP contribution is -2.54.